The number of rotatable bonds is 10. The Morgan fingerprint density at radius 2 is 1.82 bits per heavy atom. The normalized spacial score (nSPS) is 23.8. The van der Waals surface area contributed by atoms with Crippen LogP contribution in [0.15, 0.2) is 11.8 Å². The molecule has 0 aromatic carbocycles. The Kier molecular flexibility index (Phi) is 10.5. The van der Waals surface area contributed by atoms with Crippen LogP contribution in [0.1, 0.15) is 27.7 Å². The molecule has 33 heavy (non-hydrogen) atoms. The van der Waals surface area contributed by atoms with E-state index in [9.17, 15) is 29.7 Å². The van der Waals surface area contributed by atoms with Crippen molar-refractivity contribution in [3.63, 3.8) is 0 Å². The van der Waals surface area contributed by atoms with E-state index in [0.717, 1.165) is 6.08 Å². The number of hydrogen-bond donors (Lipinski definition) is 8. The van der Waals surface area contributed by atoms with Crippen molar-refractivity contribution in [3.05, 3.63) is 11.8 Å². The molecule has 14 heteroatoms. The summed E-state index contributed by atoms with van der Waals surface area (Å²) in [6.45, 7) is 5.04. The van der Waals surface area contributed by atoms with E-state index >= 15 is 0 Å². The average molecular weight is 475 g/mol. The Bertz CT molecular complexity index is 760. The van der Waals surface area contributed by atoms with E-state index in [-0.39, 0.29) is 5.92 Å². The molecule has 0 aliphatic carbocycles. The number of nitrogens with one attached hydrogen (secondary N) is 3. The van der Waals surface area contributed by atoms with Gasteiger partial charge in [0.05, 0.1) is 18.7 Å². The van der Waals surface area contributed by atoms with Crippen LogP contribution in [0, 0.1) is 11.3 Å². The van der Waals surface area contributed by atoms with Gasteiger partial charge < -0.3 is 51.6 Å². The predicted molar refractivity (Wildman–Crippen MR) is 113 cm³/mol. The van der Waals surface area contributed by atoms with Crippen LogP contribution in [0.3, 0.4) is 0 Å². The second kappa shape index (κ2) is 12.3. The highest BCUT2D eigenvalue weighted by Crippen LogP contribution is 2.24. The number of carbonyl (C=O) groups is 3. The first kappa shape index (κ1) is 28.1. The van der Waals surface area contributed by atoms with Crippen molar-refractivity contribution < 1.29 is 43.9 Å². The molecule has 0 saturated heterocycles. The lowest BCUT2D eigenvalue weighted by atomic mass is 9.92. The first-order valence-corrected chi connectivity index (χ1v) is 10.2. The number of nitrogens with two attached hydrogens (primary N) is 2. The van der Waals surface area contributed by atoms with E-state index in [0.29, 0.717) is 0 Å². The smallest absolute Gasteiger partial charge is 0.376 e. The zero-order valence-electron chi connectivity index (χ0n) is 18.8. The molecular weight excluding hydrogens is 442 g/mol. The van der Waals surface area contributed by atoms with E-state index in [1.807, 2.05) is 0 Å². The molecule has 0 spiro atoms. The number of aliphatic hydroxyl groups is 3. The number of guanidine groups is 1. The summed E-state index contributed by atoms with van der Waals surface area (Å²) in [5.41, 5.74) is 11.1. The Morgan fingerprint density at radius 1 is 1.21 bits per heavy atom. The summed E-state index contributed by atoms with van der Waals surface area (Å²) >= 11 is 0. The molecule has 0 fully saturated rings. The fourth-order valence-electron chi connectivity index (χ4n) is 2.92. The summed E-state index contributed by atoms with van der Waals surface area (Å²) in [6, 6.07) is -3.10. The van der Waals surface area contributed by atoms with Crippen LogP contribution in [0.2, 0.25) is 0 Å². The zero-order valence-corrected chi connectivity index (χ0v) is 18.8. The van der Waals surface area contributed by atoms with Crippen LogP contribution < -0.4 is 22.1 Å². The van der Waals surface area contributed by atoms with Crippen molar-refractivity contribution in [3.8, 4) is 0 Å². The molecule has 0 saturated carbocycles. The van der Waals surface area contributed by atoms with Crippen molar-refractivity contribution in [1.29, 1.82) is 5.41 Å². The molecule has 1 unspecified atom stereocenters. The van der Waals surface area contributed by atoms with Crippen LogP contribution >= 0.6 is 0 Å². The van der Waals surface area contributed by atoms with Gasteiger partial charge in [0.25, 0.3) is 0 Å². The maximum atomic E-state index is 12.6. The minimum atomic E-state index is -1.76. The van der Waals surface area contributed by atoms with Gasteiger partial charge in [0.15, 0.2) is 5.96 Å². The molecule has 1 aliphatic heterocycles. The van der Waals surface area contributed by atoms with Crippen molar-refractivity contribution in [2.24, 2.45) is 17.4 Å². The first-order valence-electron chi connectivity index (χ1n) is 10.2. The molecule has 10 N–H and O–H groups in total. The maximum Gasteiger partial charge on any atom is 0.376 e. The quantitative estimate of drug-likeness (QED) is 0.0672. The second-order valence-electron chi connectivity index (χ2n) is 7.84. The molecule has 1 rings (SSSR count). The summed E-state index contributed by atoms with van der Waals surface area (Å²) < 4.78 is 15.5. The molecule has 14 nitrogen and oxygen atoms in total. The number of esters is 2. The summed E-state index contributed by atoms with van der Waals surface area (Å²) in [5, 5.41) is 42.0. The molecule has 0 bridgehead atoms. The molecule has 0 radical (unpaired) electrons. The van der Waals surface area contributed by atoms with Crippen LogP contribution in [0.5, 0.6) is 0 Å². The third-order valence-electron chi connectivity index (χ3n) is 4.69. The van der Waals surface area contributed by atoms with E-state index < -0.39 is 78.9 Å². The molecule has 188 valence electrons. The number of aliphatic hydroxyl groups excluding tert-OH is 3. The highest BCUT2D eigenvalue weighted by molar-refractivity contribution is 5.87. The van der Waals surface area contributed by atoms with Gasteiger partial charge in [-0.15, -0.1) is 0 Å². The Labute approximate surface area is 190 Å². The van der Waals surface area contributed by atoms with E-state index in [1.165, 1.54) is 13.8 Å². The lowest BCUT2D eigenvalue weighted by Crippen LogP contribution is -2.64. The molecule has 0 aromatic heterocycles. The van der Waals surface area contributed by atoms with Crippen molar-refractivity contribution in [2.75, 3.05) is 6.61 Å². The van der Waals surface area contributed by atoms with Gasteiger partial charge in [0, 0.05) is 13.8 Å². The largest absolute Gasteiger partial charge is 0.478 e. The third kappa shape index (κ3) is 8.16. The van der Waals surface area contributed by atoms with Crippen molar-refractivity contribution in [1.82, 2.24) is 10.6 Å². The second-order valence-corrected chi connectivity index (χ2v) is 7.84. The van der Waals surface area contributed by atoms with Crippen molar-refractivity contribution >= 4 is 23.8 Å². The minimum absolute atomic E-state index is 0.214. The van der Waals surface area contributed by atoms with Crippen LogP contribution in [0.4, 0.5) is 0 Å². The van der Waals surface area contributed by atoms with Crippen LogP contribution in [0.25, 0.3) is 0 Å². The Balaban J connectivity index is 3.15. The highest BCUT2D eigenvalue weighted by atomic mass is 16.7. The van der Waals surface area contributed by atoms with Gasteiger partial charge in [-0.3, -0.25) is 15.0 Å². The van der Waals surface area contributed by atoms with E-state index in [2.05, 4.69) is 10.6 Å². The molecule has 7 atom stereocenters. The SMILES string of the molecule is CC(=O)N[C@H]1[C@H]([C@H](O)[C@H](O)CO)OC(C(=O)OC(C)OC(=O)[C@H](N)C(C)C)=C[C@@H]1NC(=N)N. The molecule has 1 aliphatic rings. The first-order chi connectivity index (χ1) is 15.3. The van der Waals surface area contributed by atoms with Gasteiger partial charge in [0.1, 0.15) is 24.4 Å². The Morgan fingerprint density at radius 3 is 2.30 bits per heavy atom. The summed E-state index contributed by atoms with van der Waals surface area (Å²) in [5.74, 6) is -3.67. The fraction of sp³-hybridized carbons (Fsp3) is 0.684. The van der Waals surface area contributed by atoms with Gasteiger partial charge in [-0.2, -0.15) is 0 Å². The average Bonchev–Trinajstić information content (AvgIpc) is 2.71. The maximum absolute atomic E-state index is 12.6. The van der Waals surface area contributed by atoms with Gasteiger partial charge >= 0.3 is 11.9 Å². The molecule has 0 aromatic rings. The number of amides is 1. The number of hydrogen-bond acceptors (Lipinski definition) is 11. The standard InChI is InChI=1S/C19H33N5O9/c1-7(2)13(20)18(30)32-9(4)31-17(29)12-5-10(24-19(21)22)14(23-8(3)26)16(33-12)15(28)11(27)6-25/h5,7,9-11,13-16,25,27-28H,6,20H2,1-4H3,(H,23,26)(H4,21,22,24)/t9?,10-,11+,13+,14+,15+,16+/m0/s1. The van der Waals surface area contributed by atoms with Gasteiger partial charge in [0.2, 0.25) is 18.0 Å². The lowest BCUT2D eigenvalue weighted by molar-refractivity contribution is -0.188. The topological polar surface area (TPSA) is 240 Å². The number of carbonyl (C=O) groups excluding carboxylic acids is 3. The van der Waals surface area contributed by atoms with Gasteiger partial charge in [-0.1, -0.05) is 13.8 Å². The molecular formula is C19H33N5O9. The van der Waals surface area contributed by atoms with Gasteiger partial charge in [-0.25, -0.2) is 4.79 Å². The van der Waals surface area contributed by atoms with Crippen LogP contribution in [-0.4, -0.2) is 88.5 Å². The zero-order chi connectivity index (χ0) is 25.5. The summed E-state index contributed by atoms with van der Waals surface area (Å²) in [4.78, 5) is 36.3. The van der Waals surface area contributed by atoms with E-state index in [4.69, 9.17) is 31.1 Å². The third-order valence-corrected chi connectivity index (χ3v) is 4.69. The predicted octanol–water partition coefficient (Wildman–Crippen LogP) is -3.24. The Hall–Kier alpha value is -2.94. The molecule has 1 amide bonds. The van der Waals surface area contributed by atoms with Gasteiger partial charge in [-0.05, 0) is 12.0 Å². The summed E-state index contributed by atoms with van der Waals surface area (Å²) in [6.07, 6.45) is -5.12. The van der Waals surface area contributed by atoms with Crippen molar-refractivity contribution in [2.45, 2.75) is 70.4 Å². The monoisotopic (exact) mass is 475 g/mol. The van der Waals surface area contributed by atoms with E-state index in [1.54, 1.807) is 13.8 Å². The fourth-order valence-corrected chi connectivity index (χ4v) is 2.92. The lowest BCUT2D eigenvalue weighted by Gasteiger charge is -2.40. The summed E-state index contributed by atoms with van der Waals surface area (Å²) in [7, 11) is 0. The molecule has 1 heterocycles. The highest BCUT2D eigenvalue weighted by Gasteiger charge is 2.44. The van der Waals surface area contributed by atoms with Crippen LogP contribution in [-0.2, 0) is 28.6 Å². The minimum Gasteiger partial charge on any atom is -0.478 e. The number of ether oxygens (including phenoxy) is 3.